The number of ether oxygens (including phenoxy) is 1. The second-order valence-corrected chi connectivity index (χ2v) is 5.52. The number of hydrogen-bond donors (Lipinski definition) is 1. The number of aromatic hydroxyl groups is 1. The maximum Gasteiger partial charge on any atom is 0.153 e. The Balaban J connectivity index is 2.03. The highest BCUT2D eigenvalue weighted by molar-refractivity contribution is 5.79. The zero-order chi connectivity index (χ0) is 15.3. The highest BCUT2D eigenvalue weighted by atomic mass is 16.5. The molecule has 0 saturated carbocycles. The number of hydrogen-bond acceptors (Lipinski definition) is 3. The molecule has 21 heavy (non-hydrogen) atoms. The molecular weight excluding hydrogens is 264 g/mol. The van der Waals surface area contributed by atoms with Gasteiger partial charge < -0.3 is 9.84 Å². The van der Waals surface area contributed by atoms with E-state index in [-0.39, 0.29) is 11.3 Å². The van der Waals surface area contributed by atoms with Gasteiger partial charge in [0.2, 0.25) is 0 Å². The number of rotatable bonds is 12. The highest BCUT2D eigenvalue weighted by Gasteiger charge is 2.02. The average Bonchev–Trinajstić information content (AvgIpc) is 2.50. The van der Waals surface area contributed by atoms with E-state index in [1.54, 1.807) is 12.1 Å². The largest absolute Gasteiger partial charge is 0.507 e. The molecule has 0 heterocycles. The Bertz CT molecular complexity index is 401. The van der Waals surface area contributed by atoms with Gasteiger partial charge in [-0.1, -0.05) is 58.3 Å². The van der Waals surface area contributed by atoms with Gasteiger partial charge in [-0.3, -0.25) is 4.79 Å². The summed E-state index contributed by atoms with van der Waals surface area (Å²) in [6.07, 6.45) is 12.2. The number of phenols is 1. The van der Waals surface area contributed by atoms with Crippen LogP contribution >= 0.6 is 0 Å². The van der Waals surface area contributed by atoms with Gasteiger partial charge in [-0.05, 0) is 24.6 Å². The standard InChI is InChI=1S/C18H28O3/c1-2-3-4-5-6-7-8-9-10-13-21-17-11-12-18(20)16(14-17)15-19/h11-12,14-15,20H,2-10,13H2,1H3. The fourth-order valence-electron chi connectivity index (χ4n) is 2.32. The third-order valence-electron chi connectivity index (χ3n) is 3.64. The van der Waals surface area contributed by atoms with Gasteiger partial charge in [-0.15, -0.1) is 0 Å². The highest BCUT2D eigenvalue weighted by Crippen LogP contribution is 2.21. The van der Waals surface area contributed by atoms with E-state index in [1.807, 2.05) is 0 Å². The van der Waals surface area contributed by atoms with E-state index in [0.29, 0.717) is 18.6 Å². The van der Waals surface area contributed by atoms with Crippen LogP contribution in [0.2, 0.25) is 0 Å². The quantitative estimate of drug-likeness (QED) is 0.430. The molecule has 0 unspecified atom stereocenters. The van der Waals surface area contributed by atoms with Crippen LogP contribution in [0, 0.1) is 0 Å². The van der Waals surface area contributed by atoms with Crippen molar-refractivity contribution in [3.05, 3.63) is 23.8 Å². The SMILES string of the molecule is CCCCCCCCCCCOc1ccc(O)c(C=O)c1. The molecule has 0 atom stereocenters. The number of benzene rings is 1. The zero-order valence-corrected chi connectivity index (χ0v) is 13.1. The Hall–Kier alpha value is -1.51. The molecule has 0 aromatic heterocycles. The molecule has 0 aliphatic heterocycles. The minimum Gasteiger partial charge on any atom is -0.507 e. The molecule has 0 amide bonds. The zero-order valence-electron chi connectivity index (χ0n) is 13.1. The van der Waals surface area contributed by atoms with Crippen LogP contribution in [0.5, 0.6) is 11.5 Å². The van der Waals surface area contributed by atoms with Crippen LogP contribution < -0.4 is 4.74 Å². The molecule has 0 aliphatic rings. The van der Waals surface area contributed by atoms with Crippen LogP contribution in [0.1, 0.15) is 75.1 Å². The van der Waals surface area contributed by atoms with Crippen molar-refractivity contribution in [2.75, 3.05) is 6.61 Å². The van der Waals surface area contributed by atoms with Crippen molar-refractivity contribution in [1.29, 1.82) is 0 Å². The Kier molecular flexibility index (Phi) is 9.34. The first kappa shape index (κ1) is 17.5. The van der Waals surface area contributed by atoms with Crippen LogP contribution in [0.25, 0.3) is 0 Å². The van der Waals surface area contributed by atoms with Crippen LogP contribution in [-0.2, 0) is 0 Å². The lowest BCUT2D eigenvalue weighted by Gasteiger charge is -2.07. The normalized spacial score (nSPS) is 10.5. The molecule has 1 N–H and O–H groups in total. The summed E-state index contributed by atoms with van der Waals surface area (Å²) in [6.45, 7) is 2.91. The predicted molar refractivity (Wildman–Crippen MR) is 86.2 cm³/mol. The van der Waals surface area contributed by atoms with Crippen molar-refractivity contribution in [3.8, 4) is 11.5 Å². The number of carbonyl (C=O) groups is 1. The summed E-state index contributed by atoms with van der Waals surface area (Å²) in [5, 5.41) is 9.39. The topological polar surface area (TPSA) is 46.5 Å². The Morgan fingerprint density at radius 3 is 2.24 bits per heavy atom. The molecular formula is C18H28O3. The number of phenolic OH excluding ortho intramolecular Hbond substituents is 1. The van der Waals surface area contributed by atoms with E-state index in [1.165, 1.54) is 57.4 Å². The van der Waals surface area contributed by atoms with Crippen molar-refractivity contribution < 1.29 is 14.6 Å². The summed E-state index contributed by atoms with van der Waals surface area (Å²) in [5.74, 6) is 0.648. The predicted octanol–water partition coefficient (Wildman–Crippen LogP) is 5.11. The lowest BCUT2D eigenvalue weighted by molar-refractivity contribution is 0.112. The maximum absolute atomic E-state index is 10.7. The van der Waals surface area contributed by atoms with Crippen molar-refractivity contribution >= 4 is 6.29 Å². The smallest absolute Gasteiger partial charge is 0.153 e. The Morgan fingerprint density at radius 2 is 1.62 bits per heavy atom. The number of aldehydes is 1. The number of carbonyl (C=O) groups excluding carboxylic acids is 1. The molecule has 1 aromatic carbocycles. The van der Waals surface area contributed by atoms with E-state index in [0.717, 1.165) is 6.42 Å². The second-order valence-electron chi connectivity index (χ2n) is 5.52. The lowest BCUT2D eigenvalue weighted by atomic mass is 10.1. The van der Waals surface area contributed by atoms with E-state index < -0.39 is 0 Å². The molecule has 0 fully saturated rings. The van der Waals surface area contributed by atoms with E-state index in [4.69, 9.17) is 4.74 Å². The first-order chi connectivity index (χ1) is 10.3. The number of unbranched alkanes of at least 4 members (excludes halogenated alkanes) is 8. The molecule has 0 aliphatic carbocycles. The first-order valence-electron chi connectivity index (χ1n) is 8.19. The van der Waals surface area contributed by atoms with Crippen molar-refractivity contribution in [3.63, 3.8) is 0 Å². The van der Waals surface area contributed by atoms with Gasteiger partial charge in [0.1, 0.15) is 11.5 Å². The van der Waals surface area contributed by atoms with Gasteiger partial charge in [0.05, 0.1) is 12.2 Å². The minimum absolute atomic E-state index is 0.000392. The minimum atomic E-state index is 0.000392. The van der Waals surface area contributed by atoms with Gasteiger partial charge in [-0.25, -0.2) is 0 Å². The summed E-state index contributed by atoms with van der Waals surface area (Å²) >= 11 is 0. The van der Waals surface area contributed by atoms with Crippen LogP contribution in [0.3, 0.4) is 0 Å². The maximum atomic E-state index is 10.7. The van der Waals surface area contributed by atoms with Crippen LogP contribution in [-0.4, -0.2) is 18.0 Å². The van der Waals surface area contributed by atoms with Gasteiger partial charge in [0, 0.05) is 0 Å². The van der Waals surface area contributed by atoms with E-state index in [2.05, 4.69) is 6.92 Å². The second kappa shape index (κ2) is 11.2. The van der Waals surface area contributed by atoms with Gasteiger partial charge in [0.25, 0.3) is 0 Å². The average molecular weight is 292 g/mol. The molecule has 3 heteroatoms. The molecule has 0 spiro atoms. The molecule has 118 valence electrons. The fourth-order valence-corrected chi connectivity index (χ4v) is 2.32. The fraction of sp³-hybridized carbons (Fsp3) is 0.611. The summed E-state index contributed by atoms with van der Waals surface area (Å²) in [7, 11) is 0. The molecule has 0 radical (unpaired) electrons. The van der Waals surface area contributed by atoms with Gasteiger partial charge >= 0.3 is 0 Å². The summed E-state index contributed by atoms with van der Waals surface area (Å²) in [5.41, 5.74) is 0.277. The first-order valence-corrected chi connectivity index (χ1v) is 8.19. The third-order valence-corrected chi connectivity index (χ3v) is 3.64. The summed E-state index contributed by atoms with van der Waals surface area (Å²) < 4.78 is 5.59. The lowest BCUT2D eigenvalue weighted by Crippen LogP contribution is -1.98. The monoisotopic (exact) mass is 292 g/mol. The van der Waals surface area contributed by atoms with Crippen LogP contribution in [0.15, 0.2) is 18.2 Å². The Labute approximate surface area is 128 Å². The molecule has 3 nitrogen and oxygen atoms in total. The summed E-state index contributed by atoms with van der Waals surface area (Å²) in [4.78, 5) is 10.7. The van der Waals surface area contributed by atoms with Gasteiger partial charge in [0.15, 0.2) is 6.29 Å². The Morgan fingerprint density at radius 1 is 1.00 bits per heavy atom. The summed E-state index contributed by atoms with van der Waals surface area (Å²) in [6, 6.07) is 4.77. The van der Waals surface area contributed by atoms with Crippen LogP contribution in [0.4, 0.5) is 0 Å². The molecule has 1 rings (SSSR count). The third kappa shape index (κ3) is 7.74. The van der Waals surface area contributed by atoms with Crippen molar-refractivity contribution in [2.45, 2.75) is 64.7 Å². The molecule has 0 bridgehead atoms. The van der Waals surface area contributed by atoms with E-state index in [9.17, 15) is 9.90 Å². The van der Waals surface area contributed by atoms with Gasteiger partial charge in [-0.2, -0.15) is 0 Å². The van der Waals surface area contributed by atoms with Crippen molar-refractivity contribution in [1.82, 2.24) is 0 Å². The molecule has 0 saturated heterocycles. The van der Waals surface area contributed by atoms with Crippen molar-refractivity contribution in [2.24, 2.45) is 0 Å². The van der Waals surface area contributed by atoms with E-state index >= 15 is 0 Å². The molecule has 1 aromatic rings.